The van der Waals surface area contributed by atoms with Gasteiger partial charge in [-0.3, -0.25) is 0 Å². The fourth-order valence-electron chi connectivity index (χ4n) is 2.00. The van der Waals surface area contributed by atoms with Crippen molar-refractivity contribution in [2.24, 2.45) is 17.0 Å². The number of hydrogen-bond acceptors (Lipinski definition) is 4. The highest BCUT2D eigenvalue weighted by Gasteiger charge is 2.15. The average molecular weight is 340 g/mol. The van der Waals surface area contributed by atoms with Crippen LogP contribution in [-0.2, 0) is 11.8 Å². The number of aliphatic imine (C=N–C) groups is 1. The van der Waals surface area contributed by atoms with Crippen molar-refractivity contribution in [1.29, 1.82) is 0 Å². The van der Waals surface area contributed by atoms with Gasteiger partial charge in [-0.05, 0) is 12.1 Å². The molecular formula is C14H18ClN5OS. The Hall–Kier alpha value is -1.70. The van der Waals surface area contributed by atoms with Gasteiger partial charge in [0.2, 0.25) is 10.8 Å². The third-order valence-electron chi connectivity index (χ3n) is 3.13. The van der Waals surface area contributed by atoms with Gasteiger partial charge in [0.1, 0.15) is 5.51 Å². The summed E-state index contributed by atoms with van der Waals surface area (Å²) in [6.07, 6.45) is 0. The van der Waals surface area contributed by atoms with Crippen molar-refractivity contribution in [3.63, 3.8) is 0 Å². The maximum Gasteiger partial charge on any atom is 0.228 e. The van der Waals surface area contributed by atoms with Gasteiger partial charge < -0.3 is 9.64 Å². The summed E-state index contributed by atoms with van der Waals surface area (Å²) in [4.78, 5) is 12.3. The van der Waals surface area contributed by atoms with Crippen LogP contribution in [0, 0.1) is 0 Å². The first-order chi connectivity index (χ1) is 10.3. The van der Waals surface area contributed by atoms with E-state index in [1.165, 1.54) is 11.3 Å². The van der Waals surface area contributed by atoms with E-state index < -0.39 is 0 Å². The first-order valence-corrected chi connectivity index (χ1v) is 7.69. The van der Waals surface area contributed by atoms with Crippen LogP contribution in [0.2, 0.25) is 0 Å². The molecule has 0 unspecified atom stereocenters. The largest absolute Gasteiger partial charge is 0.378 e. The summed E-state index contributed by atoms with van der Waals surface area (Å²) in [6, 6.07) is 9.88. The van der Waals surface area contributed by atoms with Crippen LogP contribution in [0.15, 0.2) is 45.8 Å². The number of para-hydroxylation sites is 1. The van der Waals surface area contributed by atoms with Crippen molar-refractivity contribution >= 4 is 35.4 Å². The minimum absolute atomic E-state index is 0. The Morgan fingerprint density at radius 1 is 1.23 bits per heavy atom. The number of morpholine rings is 1. The van der Waals surface area contributed by atoms with Crippen LogP contribution in [0.3, 0.4) is 0 Å². The highest BCUT2D eigenvalue weighted by Crippen LogP contribution is 2.12. The number of rotatable bonds is 1. The van der Waals surface area contributed by atoms with Crippen LogP contribution in [0.1, 0.15) is 0 Å². The third-order valence-corrected chi connectivity index (χ3v) is 3.90. The van der Waals surface area contributed by atoms with Gasteiger partial charge in [-0.15, -0.1) is 12.4 Å². The number of nitrogens with zero attached hydrogens (tertiary/aromatic N) is 5. The monoisotopic (exact) mass is 339 g/mol. The Balaban J connectivity index is 0.00000176. The number of ether oxygens (including phenoxy) is 1. The van der Waals surface area contributed by atoms with Crippen molar-refractivity contribution in [3.05, 3.63) is 40.6 Å². The summed E-state index contributed by atoms with van der Waals surface area (Å²) in [5.74, 6) is 0.712. The molecule has 8 heteroatoms. The molecule has 1 aliphatic heterocycles. The summed E-state index contributed by atoms with van der Waals surface area (Å²) >= 11 is 1.50. The van der Waals surface area contributed by atoms with Crippen molar-refractivity contribution in [3.8, 4) is 0 Å². The van der Waals surface area contributed by atoms with Crippen molar-refractivity contribution in [2.75, 3.05) is 26.3 Å². The molecule has 0 bridgehead atoms. The van der Waals surface area contributed by atoms with E-state index in [1.54, 1.807) is 10.2 Å². The smallest absolute Gasteiger partial charge is 0.228 e. The van der Waals surface area contributed by atoms with Crippen molar-refractivity contribution < 1.29 is 4.74 Å². The Labute approximate surface area is 139 Å². The molecule has 0 saturated carbocycles. The summed E-state index contributed by atoms with van der Waals surface area (Å²) in [5.41, 5.74) is 2.67. The second-order valence-electron chi connectivity index (χ2n) is 4.60. The lowest BCUT2D eigenvalue weighted by Gasteiger charge is -2.27. The molecule has 1 saturated heterocycles. The van der Waals surface area contributed by atoms with Gasteiger partial charge in [0, 0.05) is 20.1 Å². The van der Waals surface area contributed by atoms with E-state index in [2.05, 4.69) is 20.0 Å². The maximum atomic E-state index is 5.41. The number of aryl methyl sites for hydroxylation is 1. The second-order valence-corrected chi connectivity index (χ2v) is 5.42. The number of hydrogen-bond donors (Lipinski definition) is 0. The van der Waals surface area contributed by atoms with Gasteiger partial charge in [-0.2, -0.15) is 10.1 Å². The molecule has 1 aromatic carbocycles. The van der Waals surface area contributed by atoms with E-state index in [1.807, 2.05) is 37.4 Å². The zero-order chi connectivity index (χ0) is 14.5. The summed E-state index contributed by atoms with van der Waals surface area (Å²) in [7, 11) is 1.88. The van der Waals surface area contributed by atoms with Gasteiger partial charge in [0.25, 0.3) is 0 Å². The van der Waals surface area contributed by atoms with Gasteiger partial charge in [-0.1, -0.05) is 29.5 Å². The van der Waals surface area contributed by atoms with E-state index in [9.17, 15) is 0 Å². The molecule has 0 N–H and O–H groups in total. The molecule has 118 valence electrons. The molecule has 2 aromatic rings. The van der Waals surface area contributed by atoms with Gasteiger partial charge >= 0.3 is 0 Å². The Bertz CT molecular complexity index is 676. The molecule has 1 aromatic heterocycles. The summed E-state index contributed by atoms with van der Waals surface area (Å²) in [5, 5.41) is 4.17. The molecule has 1 aliphatic rings. The van der Waals surface area contributed by atoms with Crippen LogP contribution < -0.4 is 4.80 Å². The van der Waals surface area contributed by atoms with Crippen LogP contribution in [-0.4, -0.2) is 46.9 Å². The fourth-order valence-corrected chi connectivity index (χ4v) is 2.62. The zero-order valence-corrected chi connectivity index (χ0v) is 13.9. The molecule has 22 heavy (non-hydrogen) atoms. The fraction of sp³-hybridized carbons (Fsp3) is 0.357. The summed E-state index contributed by atoms with van der Waals surface area (Å²) in [6.45, 7) is 3.02. The highest BCUT2D eigenvalue weighted by molar-refractivity contribution is 7.06. The first kappa shape index (κ1) is 16.7. The number of halogens is 1. The Kier molecular flexibility index (Phi) is 6.11. The number of guanidine groups is 1. The van der Waals surface area contributed by atoms with E-state index >= 15 is 0 Å². The molecule has 3 rings (SSSR count). The van der Waals surface area contributed by atoms with Crippen LogP contribution in [0.4, 0.5) is 5.69 Å². The second kappa shape index (κ2) is 8.07. The topological polar surface area (TPSA) is 55.0 Å². The normalized spacial score (nSPS) is 16.5. The van der Waals surface area contributed by atoms with Crippen LogP contribution in [0.5, 0.6) is 0 Å². The predicted molar refractivity (Wildman–Crippen MR) is 89.8 cm³/mol. The molecular weight excluding hydrogens is 322 g/mol. The summed E-state index contributed by atoms with van der Waals surface area (Å²) < 4.78 is 7.16. The molecule has 1 fully saturated rings. The van der Waals surface area contributed by atoms with E-state index in [4.69, 9.17) is 4.74 Å². The Morgan fingerprint density at radius 3 is 2.59 bits per heavy atom. The molecule has 0 radical (unpaired) electrons. The van der Waals surface area contributed by atoms with E-state index in [0.717, 1.165) is 23.6 Å². The lowest BCUT2D eigenvalue weighted by Crippen LogP contribution is -2.40. The lowest BCUT2D eigenvalue weighted by atomic mass is 10.3. The van der Waals surface area contributed by atoms with Gasteiger partial charge in [0.15, 0.2) is 0 Å². The number of benzene rings is 1. The van der Waals surface area contributed by atoms with E-state index in [0.29, 0.717) is 19.2 Å². The quantitative estimate of drug-likeness (QED) is 0.588. The zero-order valence-electron chi connectivity index (χ0n) is 12.3. The third kappa shape index (κ3) is 4.16. The van der Waals surface area contributed by atoms with Gasteiger partial charge in [-0.25, -0.2) is 9.67 Å². The molecule has 0 aliphatic carbocycles. The Morgan fingerprint density at radius 2 is 1.95 bits per heavy atom. The molecule has 0 spiro atoms. The number of aromatic nitrogens is 2. The van der Waals surface area contributed by atoms with Crippen LogP contribution >= 0.6 is 23.7 Å². The minimum Gasteiger partial charge on any atom is -0.378 e. The van der Waals surface area contributed by atoms with Crippen LogP contribution in [0.25, 0.3) is 0 Å². The van der Waals surface area contributed by atoms with Crippen molar-refractivity contribution in [2.45, 2.75) is 0 Å². The average Bonchev–Trinajstić information content (AvgIpc) is 2.94. The lowest BCUT2D eigenvalue weighted by molar-refractivity contribution is 0.0675. The standard InChI is InChI=1S/C14H17N5OS.ClH/c1-18-14(21-11-15-18)17-13(19-7-9-20-10-8-19)16-12-5-3-2-4-6-12;/h2-6,11H,7-10H2,1H3;1H. The molecule has 0 atom stereocenters. The molecule has 2 heterocycles. The van der Waals surface area contributed by atoms with E-state index in [-0.39, 0.29) is 12.4 Å². The SMILES string of the molecule is Cl.Cn1ncsc1=NC(=Nc1ccccc1)N1CCOCC1. The molecule has 6 nitrogen and oxygen atoms in total. The molecule has 0 amide bonds. The predicted octanol–water partition coefficient (Wildman–Crippen LogP) is 1.82. The van der Waals surface area contributed by atoms with Crippen molar-refractivity contribution in [1.82, 2.24) is 14.7 Å². The first-order valence-electron chi connectivity index (χ1n) is 6.81. The minimum atomic E-state index is 0. The highest BCUT2D eigenvalue weighted by atomic mass is 35.5. The maximum absolute atomic E-state index is 5.41. The van der Waals surface area contributed by atoms with Gasteiger partial charge in [0.05, 0.1) is 18.9 Å².